The third-order valence-corrected chi connectivity index (χ3v) is 6.07. The zero-order chi connectivity index (χ0) is 15.6. The van der Waals surface area contributed by atoms with E-state index in [4.69, 9.17) is 0 Å². The minimum atomic E-state index is -3.79. The van der Waals surface area contributed by atoms with Gasteiger partial charge in [-0.2, -0.15) is 4.31 Å². The molecule has 0 heterocycles. The highest BCUT2D eigenvalue weighted by Crippen LogP contribution is 2.36. The van der Waals surface area contributed by atoms with Gasteiger partial charge in [0, 0.05) is 19.6 Å². The number of hydrogen-bond acceptors (Lipinski definition) is 3. The van der Waals surface area contributed by atoms with Gasteiger partial charge in [0.1, 0.15) is 10.7 Å². The monoisotopic (exact) mass is 314 g/mol. The summed E-state index contributed by atoms with van der Waals surface area (Å²) < 4.78 is 40.5. The van der Waals surface area contributed by atoms with Gasteiger partial charge in [0.25, 0.3) is 0 Å². The first-order valence-corrected chi connectivity index (χ1v) is 8.79. The normalized spacial score (nSPS) is 17.2. The summed E-state index contributed by atoms with van der Waals surface area (Å²) in [7, 11) is -2.25. The molecule has 1 aliphatic rings. The first-order valence-electron chi connectivity index (χ1n) is 7.35. The Balaban J connectivity index is 2.29. The van der Waals surface area contributed by atoms with Crippen LogP contribution < -0.4 is 5.32 Å². The predicted octanol–water partition coefficient (Wildman–Crippen LogP) is 2.35. The molecule has 6 heteroatoms. The SMILES string of the molecule is CCNCc1ccc(F)c(S(=O)(=O)N(C)C(C)C2CC2)c1. The molecule has 1 atom stereocenters. The summed E-state index contributed by atoms with van der Waals surface area (Å²) >= 11 is 0. The van der Waals surface area contributed by atoms with E-state index in [-0.39, 0.29) is 10.9 Å². The van der Waals surface area contributed by atoms with Crippen LogP contribution in [-0.2, 0) is 16.6 Å². The molecule has 2 rings (SSSR count). The van der Waals surface area contributed by atoms with Crippen molar-refractivity contribution in [3.05, 3.63) is 29.6 Å². The maximum Gasteiger partial charge on any atom is 0.245 e. The van der Waals surface area contributed by atoms with Crippen molar-refractivity contribution in [1.29, 1.82) is 0 Å². The minimum Gasteiger partial charge on any atom is -0.313 e. The van der Waals surface area contributed by atoms with Crippen LogP contribution in [0.5, 0.6) is 0 Å². The zero-order valence-corrected chi connectivity index (χ0v) is 13.6. The van der Waals surface area contributed by atoms with E-state index in [1.807, 2.05) is 13.8 Å². The Kier molecular flexibility index (Phi) is 5.01. The Morgan fingerprint density at radius 3 is 2.67 bits per heavy atom. The van der Waals surface area contributed by atoms with Crippen LogP contribution in [0.4, 0.5) is 4.39 Å². The molecule has 118 valence electrons. The fourth-order valence-electron chi connectivity index (χ4n) is 2.37. The quantitative estimate of drug-likeness (QED) is 0.840. The van der Waals surface area contributed by atoms with Crippen molar-refractivity contribution >= 4 is 10.0 Å². The Hall–Kier alpha value is -0.980. The van der Waals surface area contributed by atoms with E-state index in [0.29, 0.717) is 12.5 Å². The highest BCUT2D eigenvalue weighted by Gasteiger charge is 2.37. The molecule has 1 fully saturated rings. The van der Waals surface area contributed by atoms with Crippen LogP contribution in [0.25, 0.3) is 0 Å². The van der Waals surface area contributed by atoms with Crippen LogP contribution in [0.1, 0.15) is 32.3 Å². The number of hydrogen-bond donors (Lipinski definition) is 1. The van der Waals surface area contributed by atoms with E-state index in [1.165, 1.54) is 23.5 Å². The number of nitrogens with one attached hydrogen (secondary N) is 1. The van der Waals surface area contributed by atoms with Gasteiger partial charge in [-0.15, -0.1) is 0 Å². The van der Waals surface area contributed by atoms with Crippen LogP contribution in [0.2, 0.25) is 0 Å². The molecular weight excluding hydrogens is 291 g/mol. The Labute approximate surface area is 126 Å². The average molecular weight is 314 g/mol. The van der Waals surface area contributed by atoms with E-state index in [9.17, 15) is 12.8 Å². The summed E-state index contributed by atoms with van der Waals surface area (Å²) in [6.07, 6.45) is 2.09. The molecule has 1 aliphatic carbocycles. The number of halogens is 1. The van der Waals surface area contributed by atoms with E-state index in [0.717, 1.165) is 24.9 Å². The van der Waals surface area contributed by atoms with Crippen LogP contribution in [-0.4, -0.2) is 32.4 Å². The molecule has 0 bridgehead atoms. The average Bonchev–Trinajstić information content (AvgIpc) is 3.29. The summed E-state index contributed by atoms with van der Waals surface area (Å²) in [4.78, 5) is -0.229. The van der Waals surface area contributed by atoms with E-state index < -0.39 is 15.8 Å². The summed E-state index contributed by atoms with van der Waals surface area (Å²) in [6.45, 7) is 5.15. The molecular formula is C15H23FN2O2S. The second-order valence-electron chi connectivity index (χ2n) is 5.64. The third kappa shape index (κ3) is 3.62. The molecule has 1 aromatic carbocycles. The van der Waals surface area contributed by atoms with Crippen molar-refractivity contribution in [2.45, 2.75) is 44.2 Å². The van der Waals surface area contributed by atoms with Gasteiger partial charge in [-0.25, -0.2) is 12.8 Å². The van der Waals surface area contributed by atoms with Crippen LogP contribution in [0, 0.1) is 11.7 Å². The van der Waals surface area contributed by atoms with Gasteiger partial charge in [-0.3, -0.25) is 0 Å². The molecule has 0 radical (unpaired) electrons. The third-order valence-electron chi connectivity index (χ3n) is 4.11. The zero-order valence-electron chi connectivity index (χ0n) is 12.8. The predicted molar refractivity (Wildman–Crippen MR) is 80.9 cm³/mol. The largest absolute Gasteiger partial charge is 0.313 e. The molecule has 0 spiro atoms. The highest BCUT2D eigenvalue weighted by atomic mass is 32.2. The molecule has 0 aromatic heterocycles. The van der Waals surface area contributed by atoms with Crippen LogP contribution in [0.3, 0.4) is 0 Å². The summed E-state index contributed by atoms with van der Waals surface area (Å²) in [5, 5.41) is 3.11. The number of benzene rings is 1. The molecule has 1 N–H and O–H groups in total. The lowest BCUT2D eigenvalue weighted by Crippen LogP contribution is -2.36. The Morgan fingerprint density at radius 2 is 2.10 bits per heavy atom. The van der Waals surface area contributed by atoms with Gasteiger partial charge >= 0.3 is 0 Å². The lowest BCUT2D eigenvalue weighted by atomic mass is 10.2. The number of rotatable bonds is 7. The van der Waals surface area contributed by atoms with E-state index in [2.05, 4.69) is 5.32 Å². The maximum atomic E-state index is 14.0. The van der Waals surface area contributed by atoms with Crippen molar-refractivity contribution in [2.24, 2.45) is 5.92 Å². The molecule has 1 saturated carbocycles. The van der Waals surface area contributed by atoms with Crippen molar-refractivity contribution in [3.8, 4) is 0 Å². The van der Waals surface area contributed by atoms with Gasteiger partial charge < -0.3 is 5.32 Å². The second-order valence-corrected chi connectivity index (χ2v) is 7.61. The van der Waals surface area contributed by atoms with Gasteiger partial charge in [0.05, 0.1) is 0 Å². The minimum absolute atomic E-state index is 0.0909. The van der Waals surface area contributed by atoms with Crippen LogP contribution in [0.15, 0.2) is 23.1 Å². The number of nitrogens with zero attached hydrogens (tertiary/aromatic N) is 1. The van der Waals surface area contributed by atoms with Crippen molar-refractivity contribution in [2.75, 3.05) is 13.6 Å². The topological polar surface area (TPSA) is 49.4 Å². The second kappa shape index (κ2) is 6.42. The van der Waals surface area contributed by atoms with Gasteiger partial charge in [-0.05, 0) is 49.9 Å². The van der Waals surface area contributed by atoms with Gasteiger partial charge in [0.2, 0.25) is 10.0 Å². The number of sulfonamides is 1. The van der Waals surface area contributed by atoms with E-state index >= 15 is 0 Å². The standard InChI is InChI=1S/C15H23FN2O2S/c1-4-17-10-12-5-8-14(16)15(9-12)21(19,20)18(3)11(2)13-6-7-13/h5,8-9,11,13,17H,4,6-7,10H2,1-3H3. The van der Waals surface area contributed by atoms with Crippen LogP contribution >= 0.6 is 0 Å². The lowest BCUT2D eigenvalue weighted by Gasteiger charge is -2.24. The fraction of sp³-hybridized carbons (Fsp3) is 0.600. The first-order chi connectivity index (χ1) is 9.87. The van der Waals surface area contributed by atoms with Crippen molar-refractivity contribution in [1.82, 2.24) is 9.62 Å². The summed E-state index contributed by atoms with van der Waals surface area (Å²) in [5.41, 5.74) is 0.768. The van der Waals surface area contributed by atoms with Crippen molar-refractivity contribution < 1.29 is 12.8 Å². The van der Waals surface area contributed by atoms with Gasteiger partial charge in [-0.1, -0.05) is 13.0 Å². The molecule has 1 aromatic rings. The lowest BCUT2D eigenvalue weighted by molar-refractivity contribution is 0.355. The van der Waals surface area contributed by atoms with E-state index in [1.54, 1.807) is 6.07 Å². The van der Waals surface area contributed by atoms with Crippen molar-refractivity contribution in [3.63, 3.8) is 0 Å². The molecule has 0 saturated heterocycles. The Bertz CT molecular complexity index is 600. The van der Waals surface area contributed by atoms with Gasteiger partial charge in [0.15, 0.2) is 0 Å². The summed E-state index contributed by atoms with van der Waals surface area (Å²) in [6, 6.07) is 4.19. The maximum absolute atomic E-state index is 14.0. The first kappa shape index (κ1) is 16.4. The fourth-order valence-corrected chi connectivity index (χ4v) is 3.91. The highest BCUT2D eigenvalue weighted by molar-refractivity contribution is 7.89. The molecule has 0 aliphatic heterocycles. The summed E-state index contributed by atoms with van der Waals surface area (Å²) in [5.74, 6) is -0.289. The molecule has 0 amide bonds. The Morgan fingerprint density at radius 1 is 1.43 bits per heavy atom. The molecule has 1 unspecified atom stereocenters. The smallest absolute Gasteiger partial charge is 0.245 e. The molecule has 21 heavy (non-hydrogen) atoms. The molecule has 4 nitrogen and oxygen atoms in total.